The predicted octanol–water partition coefficient (Wildman–Crippen LogP) is 0.772. The lowest BCUT2D eigenvalue weighted by Crippen LogP contribution is -2.45. The largest absolute Gasteiger partial charge is 0.486 e. The lowest BCUT2D eigenvalue weighted by Gasteiger charge is -2.26. The van der Waals surface area contributed by atoms with Gasteiger partial charge in [-0.25, -0.2) is 4.79 Å². The van der Waals surface area contributed by atoms with E-state index in [9.17, 15) is 4.79 Å². The van der Waals surface area contributed by atoms with Crippen LogP contribution >= 0.6 is 0 Å². The van der Waals surface area contributed by atoms with E-state index in [0.717, 1.165) is 5.75 Å². The number of para-hydroxylation sites is 2. The van der Waals surface area contributed by atoms with Crippen molar-refractivity contribution in [3.05, 3.63) is 24.3 Å². The molecule has 1 aromatic carbocycles. The quantitative estimate of drug-likeness (QED) is 0.772. The van der Waals surface area contributed by atoms with Crippen LogP contribution in [0.3, 0.4) is 0 Å². The van der Waals surface area contributed by atoms with E-state index in [0.29, 0.717) is 32.1 Å². The molecular formula is C13H18N2O4. The molecule has 1 atom stereocenters. The molecule has 6 heteroatoms. The van der Waals surface area contributed by atoms with Gasteiger partial charge in [-0.15, -0.1) is 0 Å². The maximum absolute atomic E-state index is 11.4. The highest BCUT2D eigenvalue weighted by molar-refractivity contribution is 5.73. The lowest BCUT2D eigenvalue weighted by atomic mass is 10.2. The Hall–Kier alpha value is -1.95. The monoisotopic (exact) mass is 266 g/mol. The highest BCUT2D eigenvalue weighted by Crippen LogP contribution is 2.30. The Morgan fingerprint density at radius 1 is 1.37 bits per heavy atom. The number of carbonyl (C=O) groups excluding carboxylic acids is 1. The average molecular weight is 266 g/mol. The average Bonchev–Trinajstić information content (AvgIpc) is 2.45. The van der Waals surface area contributed by atoms with Gasteiger partial charge in [-0.05, 0) is 12.1 Å². The molecule has 1 heterocycles. The highest BCUT2D eigenvalue weighted by Gasteiger charge is 2.20. The fourth-order valence-corrected chi connectivity index (χ4v) is 1.70. The molecule has 0 saturated carbocycles. The predicted molar refractivity (Wildman–Crippen MR) is 69.6 cm³/mol. The minimum atomic E-state index is -0.237. The summed E-state index contributed by atoms with van der Waals surface area (Å²) in [4.78, 5) is 11.4. The number of ether oxygens (including phenoxy) is 3. The maximum Gasteiger partial charge on any atom is 0.315 e. The molecule has 0 fully saturated rings. The molecule has 0 bridgehead atoms. The van der Waals surface area contributed by atoms with Crippen molar-refractivity contribution in [2.75, 3.05) is 33.4 Å². The number of hydrogen-bond acceptors (Lipinski definition) is 4. The molecule has 1 unspecified atom stereocenters. The Kier molecular flexibility index (Phi) is 4.85. The summed E-state index contributed by atoms with van der Waals surface area (Å²) in [6, 6.07) is 7.25. The van der Waals surface area contributed by atoms with Crippen LogP contribution in [0.15, 0.2) is 24.3 Å². The van der Waals surface area contributed by atoms with Crippen molar-refractivity contribution in [1.29, 1.82) is 0 Å². The topological polar surface area (TPSA) is 68.8 Å². The molecule has 1 aliphatic rings. The summed E-state index contributed by atoms with van der Waals surface area (Å²) in [6.45, 7) is 1.79. The molecule has 0 spiro atoms. The Morgan fingerprint density at radius 2 is 2.16 bits per heavy atom. The first-order valence-corrected chi connectivity index (χ1v) is 6.18. The molecule has 2 rings (SSSR count). The summed E-state index contributed by atoms with van der Waals surface area (Å²) in [5.41, 5.74) is 0. The van der Waals surface area contributed by atoms with E-state index >= 15 is 0 Å². The third-order valence-corrected chi connectivity index (χ3v) is 2.65. The summed E-state index contributed by atoms with van der Waals surface area (Å²) in [6.07, 6.45) is -0.178. The SMILES string of the molecule is COCCNC(=O)NCC1COc2ccccc2O1. The van der Waals surface area contributed by atoms with Gasteiger partial charge in [-0.3, -0.25) is 0 Å². The normalized spacial score (nSPS) is 16.8. The minimum Gasteiger partial charge on any atom is -0.486 e. The van der Waals surface area contributed by atoms with Crippen LogP contribution in [0, 0.1) is 0 Å². The van der Waals surface area contributed by atoms with E-state index in [2.05, 4.69) is 10.6 Å². The number of fused-ring (bicyclic) bond motifs is 1. The zero-order valence-corrected chi connectivity index (χ0v) is 10.8. The van der Waals surface area contributed by atoms with Crippen molar-refractivity contribution in [2.45, 2.75) is 6.10 Å². The number of methoxy groups -OCH3 is 1. The van der Waals surface area contributed by atoms with Crippen molar-refractivity contribution >= 4 is 6.03 Å². The van der Waals surface area contributed by atoms with Crippen LogP contribution in [0.25, 0.3) is 0 Å². The van der Waals surface area contributed by atoms with Gasteiger partial charge in [-0.1, -0.05) is 12.1 Å². The van der Waals surface area contributed by atoms with Crippen LogP contribution in [-0.2, 0) is 4.74 Å². The van der Waals surface area contributed by atoms with Crippen molar-refractivity contribution in [3.63, 3.8) is 0 Å². The molecule has 6 nitrogen and oxygen atoms in total. The molecule has 0 aliphatic carbocycles. The molecule has 104 valence electrons. The number of carbonyl (C=O) groups is 1. The van der Waals surface area contributed by atoms with E-state index in [-0.39, 0.29) is 12.1 Å². The van der Waals surface area contributed by atoms with E-state index in [1.165, 1.54) is 0 Å². The Bertz CT molecular complexity index is 425. The van der Waals surface area contributed by atoms with Gasteiger partial charge in [0.1, 0.15) is 6.61 Å². The third-order valence-electron chi connectivity index (χ3n) is 2.65. The molecule has 0 radical (unpaired) electrons. The second kappa shape index (κ2) is 6.84. The Morgan fingerprint density at radius 3 is 2.95 bits per heavy atom. The highest BCUT2D eigenvalue weighted by atomic mass is 16.6. The standard InChI is InChI=1S/C13H18N2O4/c1-17-7-6-14-13(16)15-8-10-9-18-11-4-2-3-5-12(11)19-10/h2-5,10H,6-9H2,1H3,(H2,14,15,16). The van der Waals surface area contributed by atoms with Crippen molar-refractivity contribution in [2.24, 2.45) is 0 Å². The van der Waals surface area contributed by atoms with Gasteiger partial charge in [-0.2, -0.15) is 0 Å². The number of urea groups is 1. The van der Waals surface area contributed by atoms with E-state index in [4.69, 9.17) is 14.2 Å². The van der Waals surface area contributed by atoms with Crippen LogP contribution in [-0.4, -0.2) is 45.5 Å². The summed E-state index contributed by atoms with van der Waals surface area (Å²) >= 11 is 0. The van der Waals surface area contributed by atoms with Crippen LogP contribution in [0.1, 0.15) is 0 Å². The summed E-state index contributed by atoms with van der Waals surface area (Å²) in [5, 5.41) is 5.40. The second-order valence-corrected chi connectivity index (χ2v) is 4.13. The minimum absolute atomic E-state index is 0.178. The molecule has 0 saturated heterocycles. The van der Waals surface area contributed by atoms with Gasteiger partial charge in [0.2, 0.25) is 0 Å². The third kappa shape index (κ3) is 4.03. The number of nitrogens with one attached hydrogen (secondary N) is 2. The molecule has 0 aromatic heterocycles. The summed E-state index contributed by atoms with van der Waals surface area (Å²) in [5.74, 6) is 1.45. The van der Waals surface area contributed by atoms with Crippen LogP contribution in [0.4, 0.5) is 4.79 Å². The van der Waals surface area contributed by atoms with Crippen molar-refractivity contribution in [1.82, 2.24) is 10.6 Å². The zero-order chi connectivity index (χ0) is 13.5. The van der Waals surface area contributed by atoms with Crippen LogP contribution in [0.2, 0.25) is 0 Å². The van der Waals surface area contributed by atoms with Gasteiger partial charge < -0.3 is 24.8 Å². The van der Waals surface area contributed by atoms with Crippen LogP contribution < -0.4 is 20.1 Å². The molecular weight excluding hydrogens is 248 g/mol. The zero-order valence-electron chi connectivity index (χ0n) is 10.8. The molecule has 1 aliphatic heterocycles. The second-order valence-electron chi connectivity index (χ2n) is 4.13. The number of amides is 2. The van der Waals surface area contributed by atoms with Gasteiger partial charge in [0.25, 0.3) is 0 Å². The van der Waals surface area contributed by atoms with Crippen molar-refractivity contribution in [3.8, 4) is 11.5 Å². The first kappa shape index (κ1) is 13.5. The van der Waals surface area contributed by atoms with Gasteiger partial charge in [0.15, 0.2) is 17.6 Å². The van der Waals surface area contributed by atoms with E-state index < -0.39 is 0 Å². The smallest absolute Gasteiger partial charge is 0.315 e. The van der Waals surface area contributed by atoms with Crippen molar-refractivity contribution < 1.29 is 19.0 Å². The van der Waals surface area contributed by atoms with Crippen LogP contribution in [0.5, 0.6) is 11.5 Å². The molecule has 2 N–H and O–H groups in total. The van der Waals surface area contributed by atoms with Gasteiger partial charge in [0.05, 0.1) is 13.2 Å². The number of rotatable bonds is 5. The molecule has 1 aromatic rings. The summed E-state index contributed by atoms with van der Waals surface area (Å²) < 4.78 is 16.1. The van der Waals surface area contributed by atoms with Gasteiger partial charge >= 0.3 is 6.03 Å². The van der Waals surface area contributed by atoms with E-state index in [1.54, 1.807) is 7.11 Å². The number of hydrogen-bond donors (Lipinski definition) is 2. The Labute approximate surface area is 112 Å². The lowest BCUT2D eigenvalue weighted by molar-refractivity contribution is 0.0917. The van der Waals surface area contributed by atoms with Gasteiger partial charge in [0, 0.05) is 13.7 Å². The fraction of sp³-hybridized carbons (Fsp3) is 0.462. The van der Waals surface area contributed by atoms with E-state index in [1.807, 2.05) is 24.3 Å². The summed E-state index contributed by atoms with van der Waals surface area (Å²) in [7, 11) is 1.59. The Balaban J connectivity index is 1.72. The maximum atomic E-state index is 11.4. The molecule has 19 heavy (non-hydrogen) atoms. The molecule has 2 amide bonds. The fourth-order valence-electron chi connectivity index (χ4n) is 1.70. The first-order chi connectivity index (χ1) is 9.29. The first-order valence-electron chi connectivity index (χ1n) is 6.18. The number of benzene rings is 1.